The van der Waals surface area contributed by atoms with E-state index in [0.29, 0.717) is 6.04 Å². The van der Waals surface area contributed by atoms with Gasteiger partial charge in [-0.1, -0.05) is 13.8 Å². The minimum absolute atomic E-state index is 0.0566. The van der Waals surface area contributed by atoms with E-state index in [4.69, 9.17) is 21.3 Å². The average molecular weight is 311 g/mol. The number of aromatic nitrogens is 4. The van der Waals surface area contributed by atoms with Crippen molar-refractivity contribution in [3.8, 4) is 0 Å². The second kappa shape index (κ2) is 4.71. The van der Waals surface area contributed by atoms with Gasteiger partial charge < -0.3 is 9.30 Å². The first-order chi connectivity index (χ1) is 9.78. The number of ether oxygens (including phenoxy) is 1. The Labute approximate surface area is 130 Å². The molecule has 5 nitrogen and oxygen atoms in total. The van der Waals surface area contributed by atoms with E-state index in [-0.39, 0.29) is 16.9 Å². The number of alkyl halides is 1. The fraction of sp³-hybridized carbons (Fsp3) is 0.733. The number of rotatable bonds is 3. The van der Waals surface area contributed by atoms with Crippen molar-refractivity contribution in [2.24, 2.45) is 12.5 Å². The minimum Gasteiger partial charge on any atom is -0.381 e. The predicted octanol–water partition coefficient (Wildman–Crippen LogP) is 3.36. The lowest BCUT2D eigenvalue weighted by Crippen LogP contribution is -2.51. The highest BCUT2D eigenvalue weighted by molar-refractivity contribution is 6.20. The van der Waals surface area contributed by atoms with Crippen molar-refractivity contribution >= 4 is 22.8 Å². The van der Waals surface area contributed by atoms with Crippen LogP contribution in [0.1, 0.15) is 50.1 Å². The molecule has 21 heavy (non-hydrogen) atoms. The number of hydrogen-bond acceptors (Lipinski definition) is 3. The molecule has 116 valence electrons. The molecule has 0 spiro atoms. The van der Waals surface area contributed by atoms with Gasteiger partial charge in [0.15, 0.2) is 5.65 Å². The molecule has 3 unspecified atom stereocenters. The molecule has 0 saturated heterocycles. The van der Waals surface area contributed by atoms with Gasteiger partial charge in [0.1, 0.15) is 11.3 Å². The number of imidazole rings is 1. The van der Waals surface area contributed by atoms with Crippen molar-refractivity contribution in [3.05, 3.63) is 11.5 Å². The van der Waals surface area contributed by atoms with Crippen molar-refractivity contribution in [1.82, 2.24) is 19.3 Å². The van der Waals surface area contributed by atoms with E-state index >= 15 is 0 Å². The Hall–Kier alpha value is -1.07. The number of hydrogen-bond donors (Lipinski definition) is 0. The molecular formula is C15H23ClN4O. The summed E-state index contributed by atoms with van der Waals surface area (Å²) in [4.78, 5) is 4.76. The summed E-state index contributed by atoms with van der Waals surface area (Å²) in [5.74, 6) is 0.926. The molecule has 1 saturated carbocycles. The summed E-state index contributed by atoms with van der Waals surface area (Å²) in [5.41, 5.74) is 3.02. The van der Waals surface area contributed by atoms with Crippen LogP contribution >= 0.6 is 11.6 Å². The number of halogens is 1. The van der Waals surface area contributed by atoms with Crippen molar-refractivity contribution in [2.75, 3.05) is 7.11 Å². The fourth-order valence-electron chi connectivity index (χ4n) is 3.60. The number of fused-ring (bicyclic) bond motifs is 1. The van der Waals surface area contributed by atoms with E-state index in [1.54, 1.807) is 7.11 Å². The Kier molecular flexibility index (Phi) is 3.33. The number of methoxy groups -OCH3 is 1. The van der Waals surface area contributed by atoms with E-state index in [0.717, 1.165) is 29.1 Å². The number of nitrogens with zero attached hydrogens (tertiary/aromatic N) is 4. The standard InChI is InChI=1S/C15H23ClN4O/c1-8(16)13-17-12-9(2)18-19(5)14(12)20(13)10-7-11(21-6)15(10,3)4/h8,10-11H,7H2,1-6H3. The lowest BCUT2D eigenvalue weighted by atomic mass is 9.64. The lowest BCUT2D eigenvalue weighted by molar-refractivity contribution is -0.112. The smallest absolute Gasteiger partial charge is 0.158 e. The van der Waals surface area contributed by atoms with Crippen molar-refractivity contribution < 1.29 is 4.74 Å². The van der Waals surface area contributed by atoms with E-state index in [1.165, 1.54) is 0 Å². The van der Waals surface area contributed by atoms with Crippen LogP contribution < -0.4 is 0 Å². The number of aryl methyl sites for hydroxylation is 2. The predicted molar refractivity (Wildman–Crippen MR) is 83.7 cm³/mol. The first-order valence-electron chi connectivity index (χ1n) is 7.37. The zero-order valence-electron chi connectivity index (χ0n) is 13.5. The molecule has 0 amide bonds. The molecule has 2 heterocycles. The van der Waals surface area contributed by atoms with Gasteiger partial charge in [-0.05, 0) is 20.3 Å². The normalized spacial score (nSPS) is 26.0. The molecule has 3 atom stereocenters. The molecule has 1 fully saturated rings. The average Bonchev–Trinajstić information content (AvgIpc) is 2.89. The summed E-state index contributed by atoms with van der Waals surface area (Å²) in [6.45, 7) is 8.45. The maximum Gasteiger partial charge on any atom is 0.158 e. The van der Waals surface area contributed by atoms with Crippen LogP contribution in [0.4, 0.5) is 0 Å². The molecular weight excluding hydrogens is 288 g/mol. The van der Waals surface area contributed by atoms with Gasteiger partial charge in [0, 0.05) is 25.6 Å². The molecule has 2 aromatic rings. The van der Waals surface area contributed by atoms with Gasteiger partial charge in [-0.3, -0.25) is 4.68 Å². The monoisotopic (exact) mass is 310 g/mol. The van der Waals surface area contributed by atoms with Crippen LogP contribution in [0.3, 0.4) is 0 Å². The van der Waals surface area contributed by atoms with Crippen LogP contribution in [0.15, 0.2) is 0 Å². The topological polar surface area (TPSA) is 44.9 Å². The Morgan fingerprint density at radius 1 is 1.43 bits per heavy atom. The van der Waals surface area contributed by atoms with Crippen molar-refractivity contribution in [1.29, 1.82) is 0 Å². The molecule has 0 aliphatic heterocycles. The van der Waals surface area contributed by atoms with Gasteiger partial charge in [0.25, 0.3) is 0 Å². The van der Waals surface area contributed by atoms with Gasteiger partial charge in [0.2, 0.25) is 0 Å². The highest BCUT2D eigenvalue weighted by Crippen LogP contribution is 2.53. The molecule has 1 aliphatic carbocycles. The Balaban J connectivity index is 2.19. The van der Waals surface area contributed by atoms with Gasteiger partial charge in [-0.15, -0.1) is 11.6 Å². The first-order valence-corrected chi connectivity index (χ1v) is 7.81. The SMILES string of the molecule is COC1CC(n2c(C(C)Cl)nc3c(C)nn(C)c32)C1(C)C. The van der Waals surface area contributed by atoms with Crippen LogP contribution in [-0.4, -0.2) is 32.5 Å². The summed E-state index contributed by atoms with van der Waals surface area (Å²) in [5, 5.41) is 4.37. The van der Waals surface area contributed by atoms with Crippen LogP contribution in [0.25, 0.3) is 11.2 Å². The third-order valence-electron chi connectivity index (χ3n) is 4.94. The summed E-state index contributed by atoms with van der Waals surface area (Å²) >= 11 is 6.39. The van der Waals surface area contributed by atoms with Gasteiger partial charge in [-0.25, -0.2) is 4.98 Å². The van der Waals surface area contributed by atoms with Crippen LogP contribution in [0.5, 0.6) is 0 Å². The Morgan fingerprint density at radius 3 is 2.62 bits per heavy atom. The van der Waals surface area contributed by atoms with E-state index in [9.17, 15) is 0 Å². The molecule has 0 radical (unpaired) electrons. The molecule has 3 rings (SSSR count). The lowest BCUT2D eigenvalue weighted by Gasteiger charge is -2.52. The molecule has 0 aromatic carbocycles. The highest BCUT2D eigenvalue weighted by Gasteiger charge is 2.51. The largest absolute Gasteiger partial charge is 0.381 e. The van der Waals surface area contributed by atoms with E-state index in [1.807, 2.05) is 25.6 Å². The summed E-state index contributed by atoms with van der Waals surface area (Å²) in [6, 6.07) is 0.332. The first kappa shape index (κ1) is 14.9. The minimum atomic E-state index is -0.130. The van der Waals surface area contributed by atoms with Crippen LogP contribution in [0.2, 0.25) is 0 Å². The Bertz CT molecular complexity index is 685. The molecule has 0 bridgehead atoms. The van der Waals surface area contributed by atoms with E-state index < -0.39 is 0 Å². The van der Waals surface area contributed by atoms with Crippen molar-refractivity contribution in [3.63, 3.8) is 0 Å². The van der Waals surface area contributed by atoms with Crippen LogP contribution in [-0.2, 0) is 11.8 Å². The zero-order chi connectivity index (χ0) is 15.5. The molecule has 1 aliphatic rings. The quantitative estimate of drug-likeness (QED) is 0.817. The van der Waals surface area contributed by atoms with Crippen LogP contribution in [0, 0.1) is 12.3 Å². The maximum atomic E-state index is 6.39. The van der Waals surface area contributed by atoms with Gasteiger partial charge in [0.05, 0.1) is 17.2 Å². The second-order valence-corrected chi connectivity index (χ2v) is 7.29. The summed E-state index contributed by atoms with van der Waals surface area (Å²) in [6.07, 6.45) is 1.25. The van der Waals surface area contributed by atoms with Gasteiger partial charge in [-0.2, -0.15) is 5.10 Å². The highest BCUT2D eigenvalue weighted by atomic mass is 35.5. The fourth-order valence-corrected chi connectivity index (χ4v) is 3.76. The maximum absolute atomic E-state index is 6.39. The summed E-state index contributed by atoms with van der Waals surface area (Å²) in [7, 11) is 3.75. The molecule has 2 aromatic heterocycles. The van der Waals surface area contributed by atoms with E-state index in [2.05, 4.69) is 23.5 Å². The molecule has 0 N–H and O–H groups in total. The third-order valence-corrected chi connectivity index (χ3v) is 5.14. The third kappa shape index (κ3) is 1.94. The molecule has 6 heteroatoms. The second-order valence-electron chi connectivity index (χ2n) is 6.63. The summed E-state index contributed by atoms with van der Waals surface area (Å²) < 4.78 is 9.78. The van der Waals surface area contributed by atoms with Crippen molar-refractivity contribution in [2.45, 2.75) is 51.6 Å². The zero-order valence-corrected chi connectivity index (χ0v) is 14.3. The van der Waals surface area contributed by atoms with Gasteiger partial charge >= 0.3 is 0 Å². The Morgan fingerprint density at radius 2 is 2.10 bits per heavy atom.